The molecule has 0 bridgehead atoms. The summed E-state index contributed by atoms with van der Waals surface area (Å²) in [6, 6.07) is 19.6. The van der Waals surface area contributed by atoms with E-state index in [1.165, 1.54) is 16.3 Å². The van der Waals surface area contributed by atoms with Gasteiger partial charge in [0.25, 0.3) is 0 Å². The molecule has 3 N–H and O–H groups in total. The van der Waals surface area contributed by atoms with Crippen LogP contribution in [-0.2, 0) is 4.79 Å². The first-order valence-electron chi connectivity index (χ1n) is 9.20. The smallest absolute Gasteiger partial charge is 0.242 e. The van der Waals surface area contributed by atoms with Gasteiger partial charge in [0, 0.05) is 29.9 Å². The van der Waals surface area contributed by atoms with Crippen molar-refractivity contribution in [2.45, 2.75) is 18.5 Å². The molecule has 1 amide bonds. The van der Waals surface area contributed by atoms with Crippen molar-refractivity contribution in [1.29, 1.82) is 0 Å². The fourth-order valence-corrected chi connectivity index (χ4v) is 3.60. The summed E-state index contributed by atoms with van der Waals surface area (Å²) >= 11 is 0. The fourth-order valence-electron chi connectivity index (χ4n) is 3.60. The van der Waals surface area contributed by atoms with Crippen molar-refractivity contribution < 1.29 is 14.3 Å². The summed E-state index contributed by atoms with van der Waals surface area (Å²) < 4.78 is 10.5. The average molecular weight is 377 g/mol. The van der Waals surface area contributed by atoms with Crippen molar-refractivity contribution in [3.63, 3.8) is 0 Å². The average Bonchev–Trinajstić information content (AvgIpc) is 3.23. The third-order valence-corrected chi connectivity index (χ3v) is 5.04. The van der Waals surface area contributed by atoms with Crippen LogP contribution in [-0.4, -0.2) is 26.2 Å². The van der Waals surface area contributed by atoms with Crippen molar-refractivity contribution in [2.75, 3.05) is 19.5 Å². The molecule has 0 radical (unpaired) electrons. The van der Waals surface area contributed by atoms with Gasteiger partial charge in [0.05, 0.1) is 14.2 Å². The van der Waals surface area contributed by atoms with Crippen LogP contribution in [0, 0.1) is 0 Å². The lowest BCUT2D eigenvalue weighted by Crippen LogP contribution is -2.39. The Kier molecular flexibility index (Phi) is 5.14. The number of carbonyl (C=O) groups is 1. The van der Waals surface area contributed by atoms with E-state index in [1.54, 1.807) is 32.4 Å². The van der Waals surface area contributed by atoms with Crippen LogP contribution in [0.3, 0.4) is 0 Å². The van der Waals surface area contributed by atoms with Gasteiger partial charge in [0.2, 0.25) is 5.91 Å². The lowest BCUT2D eigenvalue weighted by Gasteiger charge is -2.14. The first-order valence-corrected chi connectivity index (χ1v) is 9.20. The topological polar surface area (TPSA) is 71.6 Å². The van der Waals surface area contributed by atoms with E-state index >= 15 is 0 Å². The number of benzene rings is 3. The van der Waals surface area contributed by atoms with Crippen molar-refractivity contribution in [1.82, 2.24) is 10.9 Å². The molecule has 1 heterocycles. The molecular formula is C22H23N3O3. The van der Waals surface area contributed by atoms with E-state index in [4.69, 9.17) is 9.47 Å². The lowest BCUT2D eigenvalue weighted by atomic mass is 9.96. The molecule has 4 rings (SSSR count). The van der Waals surface area contributed by atoms with Gasteiger partial charge >= 0.3 is 0 Å². The Morgan fingerprint density at radius 3 is 2.43 bits per heavy atom. The second-order valence-corrected chi connectivity index (χ2v) is 6.79. The molecule has 1 aliphatic heterocycles. The van der Waals surface area contributed by atoms with Gasteiger partial charge < -0.3 is 14.8 Å². The molecule has 0 saturated carbocycles. The first-order chi connectivity index (χ1) is 13.7. The number of fused-ring (bicyclic) bond motifs is 1. The summed E-state index contributed by atoms with van der Waals surface area (Å²) in [6.07, 6.45) is 0.654. The van der Waals surface area contributed by atoms with Crippen LogP contribution in [0.25, 0.3) is 10.8 Å². The van der Waals surface area contributed by atoms with Gasteiger partial charge in [-0.15, -0.1) is 0 Å². The summed E-state index contributed by atoms with van der Waals surface area (Å²) in [4.78, 5) is 12.8. The van der Waals surface area contributed by atoms with Gasteiger partial charge in [-0.25, -0.2) is 10.9 Å². The fraction of sp³-hybridized carbons (Fsp3) is 0.227. The largest absolute Gasteiger partial charge is 0.497 e. The quantitative estimate of drug-likeness (QED) is 0.636. The molecule has 0 aliphatic carbocycles. The second-order valence-electron chi connectivity index (χ2n) is 6.79. The number of methoxy groups -OCH3 is 2. The van der Waals surface area contributed by atoms with Crippen LogP contribution in [0.4, 0.5) is 5.69 Å². The standard InChI is InChI=1S/C22H23N3O3/c1-27-16-10-15(11-17(12-16)28-2)23-22(26)21-13-20(24-25-21)19-9-5-7-14-6-3-4-8-18(14)19/h3-12,20-21,24-25H,13H2,1-2H3,(H,23,26). The van der Waals surface area contributed by atoms with Gasteiger partial charge in [-0.1, -0.05) is 42.5 Å². The normalized spacial score (nSPS) is 18.8. The Morgan fingerprint density at radius 1 is 0.964 bits per heavy atom. The minimum absolute atomic E-state index is 0.0571. The molecule has 28 heavy (non-hydrogen) atoms. The molecule has 6 heteroatoms. The zero-order chi connectivity index (χ0) is 19.5. The minimum Gasteiger partial charge on any atom is -0.497 e. The highest BCUT2D eigenvalue weighted by Gasteiger charge is 2.31. The van der Waals surface area contributed by atoms with E-state index in [0.29, 0.717) is 23.6 Å². The molecule has 3 aromatic carbocycles. The molecule has 144 valence electrons. The maximum Gasteiger partial charge on any atom is 0.242 e. The minimum atomic E-state index is -0.346. The predicted molar refractivity (Wildman–Crippen MR) is 110 cm³/mol. The number of hydrazine groups is 1. The van der Waals surface area contributed by atoms with Crippen LogP contribution < -0.4 is 25.6 Å². The van der Waals surface area contributed by atoms with Crippen LogP contribution in [0.1, 0.15) is 18.0 Å². The third-order valence-electron chi connectivity index (χ3n) is 5.04. The van der Waals surface area contributed by atoms with Crippen molar-refractivity contribution in [3.05, 3.63) is 66.2 Å². The van der Waals surface area contributed by atoms with Gasteiger partial charge in [-0.05, 0) is 22.8 Å². The van der Waals surface area contributed by atoms with Gasteiger partial charge in [-0.2, -0.15) is 0 Å². The molecule has 1 fully saturated rings. The van der Waals surface area contributed by atoms with E-state index in [9.17, 15) is 4.79 Å². The number of rotatable bonds is 5. The van der Waals surface area contributed by atoms with Gasteiger partial charge in [0.15, 0.2) is 0 Å². The highest BCUT2D eigenvalue weighted by atomic mass is 16.5. The molecule has 0 aromatic heterocycles. The Morgan fingerprint density at radius 2 is 1.68 bits per heavy atom. The summed E-state index contributed by atoms with van der Waals surface area (Å²) in [5, 5.41) is 5.33. The lowest BCUT2D eigenvalue weighted by molar-refractivity contribution is -0.117. The number of nitrogens with one attached hydrogen (secondary N) is 3. The summed E-state index contributed by atoms with van der Waals surface area (Å²) in [6.45, 7) is 0. The molecule has 1 saturated heterocycles. The Bertz CT molecular complexity index is 978. The number of hydrogen-bond donors (Lipinski definition) is 3. The molecule has 1 aliphatic rings. The van der Waals surface area contributed by atoms with Crippen LogP contribution in [0.2, 0.25) is 0 Å². The zero-order valence-electron chi connectivity index (χ0n) is 15.9. The van der Waals surface area contributed by atoms with Crippen molar-refractivity contribution >= 4 is 22.4 Å². The number of carbonyl (C=O) groups excluding carboxylic acids is 1. The molecule has 0 spiro atoms. The van der Waals surface area contributed by atoms with E-state index in [0.717, 1.165) is 0 Å². The van der Waals surface area contributed by atoms with E-state index in [2.05, 4.69) is 46.5 Å². The zero-order valence-corrected chi connectivity index (χ0v) is 15.9. The number of hydrogen-bond acceptors (Lipinski definition) is 5. The van der Waals surface area contributed by atoms with Gasteiger partial charge in [0.1, 0.15) is 17.5 Å². The van der Waals surface area contributed by atoms with Crippen molar-refractivity contribution in [3.8, 4) is 11.5 Å². The predicted octanol–water partition coefficient (Wildman–Crippen LogP) is 3.40. The monoisotopic (exact) mass is 377 g/mol. The van der Waals surface area contributed by atoms with Crippen LogP contribution in [0.5, 0.6) is 11.5 Å². The highest BCUT2D eigenvalue weighted by molar-refractivity contribution is 5.95. The summed E-state index contributed by atoms with van der Waals surface area (Å²) in [7, 11) is 3.16. The van der Waals surface area contributed by atoms with Crippen LogP contribution >= 0.6 is 0 Å². The highest BCUT2D eigenvalue weighted by Crippen LogP contribution is 2.30. The Hall–Kier alpha value is -3.09. The van der Waals surface area contributed by atoms with Crippen molar-refractivity contribution in [2.24, 2.45) is 0 Å². The SMILES string of the molecule is COc1cc(NC(=O)C2CC(c3cccc4ccccc34)NN2)cc(OC)c1. The molecule has 6 nitrogen and oxygen atoms in total. The Balaban J connectivity index is 1.49. The van der Waals surface area contributed by atoms with Crippen LogP contribution in [0.15, 0.2) is 60.7 Å². The number of amides is 1. The summed E-state index contributed by atoms with van der Waals surface area (Å²) in [5.41, 5.74) is 8.21. The summed E-state index contributed by atoms with van der Waals surface area (Å²) in [5.74, 6) is 1.15. The van der Waals surface area contributed by atoms with E-state index in [-0.39, 0.29) is 18.0 Å². The van der Waals surface area contributed by atoms with Gasteiger partial charge in [-0.3, -0.25) is 4.79 Å². The van der Waals surface area contributed by atoms with E-state index < -0.39 is 0 Å². The maximum absolute atomic E-state index is 12.8. The Labute approximate surface area is 163 Å². The van der Waals surface area contributed by atoms with E-state index in [1.807, 2.05) is 12.1 Å². The first kappa shape index (κ1) is 18.3. The maximum atomic E-state index is 12.8. The molecule has 3 aromatic rings. The number of ether oxygens (including phenoxy) is 2. The molecule has 2 atom stereocenters. The third kappa shape index (κ3) is 3.65. The second kappa shape index (κ2) is 7.88. The molecular weight excluding hydrogens is 354 g/mol. The molecule has 2 unspecified atom stereocenters. The number of anilines is 1.